The van der Waals surface area contributed by atoms with Crippen molar-refractivity contribution in [1.29, 1.82) is 0 Å². The molecule has 0 bridgehead atoms. The maximum absolute atomic E-state index is 13.0. The minimum Gasteiger partial charge on any atom is -0.363 e. The van der Waals surface area contributed by atoms with Crippen LogP contribution in [0.3, 0.4) is 0 Å². The molecule has 128 valence electrons. The highest BCUT2D eigenvalue weighted by molar-refractivity contribution is 5.41. The lowest BCUT2D eigenvalue weighted by Gasteiger charge is -2.33. The second kappa shape index (κ2) is 7.57. The summed E-state index contributed by atoms with van der Waals surface area (Å²) < 4.78 is 13.0. The van der Waals surface area contributed by atoms with E-state index < -0.39 is 0 Å². The van der Waals surface area contributed by atoms with E-state index in [-0.39, 0.29) is 5.82 Å². The SMILES string of the molecule is CN(C)c1ccnc(NC2CCCN(Cc3ccc(F)cc3)C2)n1. The van der Waals surface area contributed by atoms with Gasteiger partial charge in [-0.15, -0.1) is 0 Å². The molecule has 1 saturated heterocycles. The molecule has 24 heavy (non-hydrogen) atoms. The molecule has 2 heterocycles. The molecular formula is C18H24FN5. The van der Waals surface area contributed by atoms with E-state index in [1.165, 1.54) is 12.1 Å². The number of hydrogen-bond donors (Lipinski definition) is 1. The predicted molar refractivity (Wildman–Crippen MR) is 94.7 cm³/mol. The summed E-state index contributed by atoms with van der Waals surface area (Å²) in [5.74, 6) is 1.39. The summed E-state index contributed by atoms with van der Waals surface area (Å²) in [5, 5.41) is 3.45. The van der Waals surface area contributed by atoms with Crippen LogP contribution in [-0.2, 0) is 6.54 Å². The lowest BCUT2D eigenvalue weighted by molar-refractivity contribution is 0.208. The lowest BCUT2D eigenvalue weighted by Crippen LogP contribution is -2.41. The van der Waals surface area contributed by atoms with Gasteiger partial charge >= 0.3 is 0 Å². The second-order valence-electron chi connectivity index (χ2n) is 6.48. The van der Waals surface area contributed by atoms with Gasteiger partial charge in [0.2, 0.25) is 5.95 Å². The van der Waals surface area contributed by atoms with Crippen LogP contribution in [0.15, 0.2) is 36.5 Å². The Morgan fingerprint density at radius 2 is 2.04 bits per heavy atom. The molecule has 5 nitrogen and oxygen atoms in total. The van der Waals surface area contributed by atoms with Crippen molar-refractivity contribution in [3.8, 4) is 0 Å². The van der Waals surface area contributed by atoms with Crippen LogP contribution in [-0.4, -0.2) is 48.1 Å². The van der Waals surface area contributed by atoms with Crippen LogP contribution in [0.25, 0.3) is 0 Å². The van der Waals surface area contributed by atoms with Gasteiger partial charge in [-0.05, 0) is 43.1 Å². The van der Waals surface area contributed by atoms with Gasteiger partial charge in [-0.2, -0.15) is 4.98 Å². The third-order valence-corrected chi connectivity index (χ3v) is 4.26. The monoisotopic (exact) mass is 329 g/mol. The van der Waals surface area contributed by atoms with Gasteiger partial charge in [0.05, 0.1) is 0 Å². The Labute approximate surface area is 142 Å². The van der Waals surface area contributed by atoms with Gasteiger partial charge in [0.15, 0.2) is 0 Å². The summed E-state index contributed by atoms with van der Waals surface area (Å²) in [6.45, 7) is 2.85. The number of likely N-dealkylation sites (tertiary alicyclic amines) is 1. The minimum absolute atomic E-state index is 0.185. The molecule has 0 spiro atoms. The first kappa shape index (κ1) is 16.6. The largest absolute Gasteiger partial charge is 0.363 e. The molecule has 0 amide bonds. The summed E-state index contributed by atoms with van der Waals surface area (Å²) >= 11 is 0. The zero-order chi connectivity index (χ0) is 16.9. The molecule has 1 aromatic heterocycles. The molecule has 0 radical (unpaired) electrons. The maximum Gasteiger partial charge on any atom is 0.224 e. The van der Waals surface area contributed by atoms with Crippen molar-refractivity contribution in [1.82, 2.24) is 14.9 Å². The van der Waals surface area contributed by atoms with Crippen LogP contribution in [0, 0.1) is 5.82 Å². The van der Waals surface area contributed by atoms with Crippen LogP contribution in [0.4, 0.5) is 16.2 Å². The smallest absolute Gasteiger partial charge is 0.224 e. The van der Waals surface area contributed by atoms with E-state index in [2.05, 4.69) is 20.2 Å². The van der Waals surface area contributed by atoms with Gasteiger partial charge in [0, 0.05) is 39.4 Å². The fourth-order valence-electron chi connectivity index (χ4n) is 3.02. The van der Waals surface area contributed by atoms with Crippen LogP contribution in [0.2, 0.25) is 0 Å². The predicted octanol–water partition coefficient (Wildman–Crippen LogP) is 2.76. The Hall–Kier alpha value is -2.21. The van der Waals surface area contributed by atoms with Gasteiger partial charge in [0.25, 0.3) is 0 Å². The fourth-order valence-corrected chi connectivity index (χ4v) is 3.02. The first-order valence-electron chi connectivity index (χ1n) is 8.34. The normalized spacial score (nSPS) is 18.4. The molecule has 0 aliphatic carbocycles. The number of rotatable bonds is 5. The average molecular weight is 329 g/mol. The average Bonchev–Trinajstić information content (AvgIpc) is 2.57. The fraction of sp³-hybridized carbons (Fsp3) is 0.444. The van der Waals surface area contributed by atoms with Crippen molar-refractivity contribution >= 4 is 11.8 Å². The number of hydrogen-bond acceptors (Lipinski definition) is 5. The molecular weight excluding hydrogens is 305 g/mol. The number of aromatic nitrogens is 2. The highest BCUT2D eigenvalue weighted by Gasteiger charge is 2.20. The van der Waals surface area contributed by atoms with Crippen molar-refractivity contribution in [2.24, 2.45) is 0 Å². The topological polar surface area (TPSA) is 44.3 Å². The number of nitrogens with one attached hydrogen (secondary N) is 1. The van der Waals surface area contributed by atoms with Crippen molar-refractivity contribution in [3.05, 3.63) is 47.9 Å². The number of nitrogens with zero attached hydrogens (tertiary/aromatic N) is 4. The molecule has 1 aliphatic heterocycles. The summed E-state index contributed by atoms with van der Waals surface area (Å²) in [7, 11) is 3.94. The van der Waals surface area contributed by atoms with Gasteiger partial charge in [-0.1, -0.05) is 12.1 Å². The Balaban J connectivity index is 1.59. The molecule has 1 atom stereocenters. The van der Waals surface area contributed by atoms with Crippen LogP contribution < -0.4 is 10.2 Å². The van der Waals surface area contributed by atoms with Gasteiger partial charge in [-0.25, -0.2) is 9.37 Å². The maximum atomic E-state index is 13.0. The Morgan fingerprint density at radius 1 is 1.25 bits per heavy atom. The van der Waals surface area contributed by atoms with Crippen LogP contribution >= 0.6 is 0 Å². The van der Waals surface area contributed by atoms with E-state index >= 15 is 0 Å². The number of benzene rings is 1. The van der Waals surface area contributed by atoms with Crippen LogP contribution in [0.1, 0.15) is 18.4 Å². The van der Waals surface area contributed by atoms with E-state index in [1.807, 2.05) is 37.2 Å². The third kappa shape index (κ3) is 4.41. The molecule has 0 saturated carbocycles. The third-order valence-electron chi connectivity index (χ3n) is 4.26. The Morgan fingerprint density at radius 3 is 2.79 bits per heavy atom. The minimum atomic E-state index is -0.185. The van der Waals surface area contributed by atoms with Crippen molar-refractivity contribution < 1.29 is 4.39 Å². The molecule has 1 N–H and O–H groups in total. The standard InChI is InChI=1S/C18H24FN5/c1-23(2)17-9-10-20-18(22-17)21-16-4-3-11-24(13-16)12-14-5-7-15(19)8-6-14/h5-10,16H,3-4,11-13H2,1-2H3,(H,20,21,22). The number of halogens is 1. The number of anilines is 2. The first-order valence-corrected chi connectivity index (χ1v) is 8.34. The lowest BCUT2D eigenvalue weighted by atomic mass is 10.0. The van der Waals surface area contributed by atoms with Gasteiger partial charge in [0.1, 0.15) is 11.6 Å². The summed E-state index contributed by atoms with van der Waals surface area (Å²) in [6.07, 6.45) is 4.02. The summed E-state index contributed by atoms with van der Waals surface area (Å²) in [5.41, 5.74) is 1.14. The van der Waals surface area contributed by atoms with Gasteiger partial charge < -0.3 is 10.2 Å². The van der Waals surface area contributed by atoms with Gasteiger partial charge in [-0.3, -0.25) is 4.90 Å². The molecule has 3 rings (SSSR count). The highest BCUT2D eigenvalue weighted by atomic mass is 19.1. The first-order chi connectivity index (χ1) is 11.6. The van der Waals surface area contributed by atoms with E-state index in [4.69, 9.17) is 0 Å². The van der Waals surface area contributed by atoms with E-state index in [1.54, 1.807) is 6.20 Å². The zero-order valence-electron chi connectivity index (χ0n) is 14.2. The molecule has 6 heteroatoms. The number of piperidine rings is 1. The summed E-state index contributed by atoms with van der Waals surface area (Å²) in [4.78, 5) is 13.2. The second-order valence-corrected chi connectivity index (χ2v) is 6.48. The Bertz CT molecular complexity index is 659. The van der Waals surface area contributed by atoms with E-state index in [9.17, 15) is 4.39 Å². The van der Waals surface area contributed by atoms with E-state index in [0.717, 1.165) is 43.9 Å². The van der Waals surface area contributed by atoms with Crippen molar-refractivity contribution in [3.63, 3.8) is 0 Å². The van der Waals surface area contributed by atoms with Crippen LogP contribution in [0.5, 0.6) is 0 Å². The molecule has 1 aromatic carbocycles. The molecule has 1 aliphatic rings. The molecule has 1 fully saturated rings. The van der Waals surface area contributed by atoms with E-state index in [0.29, 0.717) is 12.0 Å². The molecule has 2 aromatic rings. The van der Waals surface area contributed by atoms with Crippen molar-refractivity contribution in [2.75, 3.05) is 37.4 Å². The Kier molecular flexibility index (Phi) is 5.25. The zero-order valence-corrected chi connectivity index (χ0v) is 14.2. The summed E-state index contributed by atoms with van der Waals surface area (Å²) in [6, 6.07) is 8.99. The van der Waals surface area contributed by atoms with Crippen molar-refractivity contribution in [2.45, 2.75) is 25.4 Å². The quantitative estimate of drug-likeness (QED) is 0.914. The molecule has 1 unspecified atom stereocenters. The highest BCUT2D eigenvalue weighted by Crippen LogP contribution is 2.17.